The fraction of sp³-hybridized carbons (Fsp3) is 0.400. The number of anilines is 1. The number of nitrogens with one attached hydrogen (secondary N) is 2. The fourth-order valence-corrected chi connectivity index (χ4v) is 2.61. The van der Waals surface area contributed by atoms with Gasteiger partial charge in [-0.25, -0.2) is 0 Å². The number of hydrogen-bond donors (Lipinski definition) is 3. The van der Waals surface area contributed by atoms with E-state index in [0.717, 1.165) is 18.4 Å². The molecule has 1 aliphatic carbocycles. The minimum absolute atomic E-state index is 0.0996. The molecule has 5 nitrogen and oxygen atoms in total. The normalized spacial score (nSPS) is 16.1. The smallest absolute Gasteiger partial charge is 0.299 e. The quantitative estimate of drug-likeness (QED) is 0.704. The van der Waals surface area contributed by atoms with Crippen LogP contribution in [0.4, 0.5) is 5.69 Å². The van der Waals surface area contributed by atoms with Crippen LogP contribution in [0.1, 0.15) is 18.4 Å². The van der Waals surface area contributed by atoms with E-state index in [4.69, 9.17) is 5.73 Å². The van der Waals surface area contributed by atoms with Crippen LogP contribution in [0, 0.1) is 0 Å². The summed E-state index contributed by atoms with van der Waals surface area (Å²) in [6.45, 7) is 0.308. The highest BCUT2D eigenvalue weighted by Crippen LogP contribution is 2.21. The summed E-state index contributed by atoms with van der Waals surface area (Å²) in [4.78, 5) is 0. The molecule has 0 bridgehead atoms. The van der Waals surface area contributed by atoms with Crippen molar-refractivity contribution in [3.63, 3.8) is 0 Å². The van der Waals surface area contributed by atoms with E-state index in [1.54, 1.807) is 18.2 Å². The summed E-state index contributed by atoms with van der Waals surface area (Å²) in [6, 6.07) is 7.20. The maximum atomic E-state index is 11.7. The lowest BCUT2D eigenvalue weighted by Crippen LogP contribution is -2.32. The van der Waals surface area contributed by atoms with Crippen LogP contribution >= 0.6 is 0 Å². The van der Waals surface area contributed by atoms with Crippen molar-refractivity contribution in [3.8, 4) is 0 Å². The van der Waals surface area contributed by atoms with Crippen molar-refractivity contribution in [1.82, 2.24) is 4.72 Å². The number of hydrogen-bond acceptors (Lipinski definition) is 3. The molecule has 1 aromatic carbocycles. The van der Waals surface area contributed by atoms with Gasteiger partial charge in [-0.05, 0) is 24.5 Å². The van der Waals surface area contributed by atoms with Gasteiger partial charge in [-0.2, -0.15) is 13.1 Å². The Kier molecular flexibility index (Phi) is 3.13. The van der Waals surface area contributed by atoms with Crippen molar-refractivity contribution in [2.75, 3.05) is 4.72 Å². The predicted octanol–water partition coefficient (Wildman–Crippen LogP) is 0.554. The average Bonchev–Trinajstić information content (AvgIpc) is 3.01. The van der Waals surface area contributed by atoms with Gasteiger partial charge in [-0.3, -0.25) is 4.72 Å². The van der Waals surface area contributed by atoms with E-state index in [1.165, 1.54) is 0 Å². The molecule has 0 spiro atoms. The van der Waals surface area contributed by atoms with Crippen molar-refractivity contribution >= 4 is 15.9 Å². The van der Waals surface area contributed by atoms with Crippen LogP contribution in [0.3, 0.4) is 0 Å². The Morgan fingerprint density at radius 2 is 2.00 bits per heavy atom. The third-order valence-electron chi connectivity index (χ3n) is 2.38. The molecule has 1 fully saturated rings. The molecule has 1 saturated carbocycles. The second-order valence-corrected chi connectivity index (χ2v) is 5.31. The summed E-state index contributed by atoms with van der Waals surface area (Å²) in [5.41, 5.74) is 6.85. The largest absolute Gasteiger partial charge is 0.326 e. The van der Waals surface area contributed by atoms with Gasteiger partial charge in [0.1, 0.15) is 0 Å². The molecule has 2 rings (SSSR count). The van der Waals surface area contributed by atoms with Crippen LogP contribution in [0.25, 0.3) is 0 Å². The minimum atomic E-state index is -3.46. The van der Waals surface area contributed by atoms with Crippen LogP contribution < -0.4 is 15.2 Å². The van der Waals surface area contributed by atoms with Gasteiger partial charge in [0.15, 0.2) is 0 Å². The molecule has 6 heteroatoms. The molecule has 0 amide bonds. The van der Waals surface area contributed by atoms with E-state index in [1.807, 2.05) is 6.07 Å². The van der Waals surface area contributed by atoms with Crippen molar-refractivity contribution in [3.05, 3.63) is 29.8 Å². The van der Waals surface area contributed by atoms with E-state index in [2.05, 4.69) is 9.44 Å². The molecular formula is C10H15N3O2S. The fourth-order valence-electron chi connectivity index (χ4n) is 1.39. The third kappa shape index (κ3) is 2.94. The number of benzene rings is 1. The Morgan fingerprint density at radius 1 is 1.31 bits per heavy atom. The minimum Gasteiger partial charge on any atom is -0.326 e. The van der Waals surface area contributed by atoms with E-state index in [9.17, 15) is 8.42 Å². The Morgan fingerprint density at radius 3 is 2.62 bits per heavy atom. The summed E-state index contributed by atoms with van der Waals surface area (Å²) < 4.78 is 28.4. The zero-order valence-electron chi connectivity index (χ0n) is 8.81. The first kappa shape index (κ1) is 11.4. The molecule has 0 aromatic heterocycles. The monoisotopic (exact) mass is 241 g/mol. The van der Waals surface area contributed by atoms with Crippen molar-refractivity contribution in [2.24, 2.45) is 5.73 Å². The topological polar surface area (TPSA) is 84.2 Å². The molecule has 4 N–H and O–H groups in total. The highest BCUT2D eigenvalue weighted by Gasteiger charge is 2.26. The van der Waals surface area contributed by atoms with Gasteiger partial charge in [0, 0.05) is 12.6 Å². The zero-order valence-corrected chi connectivity index (χ0v) is 9.63. The summed E-state index contributed by atoms with van der Waals surface area (Å²) in [5, 5.41) is 0. The molecule has 1 aliphatic rings. The third-order valence-corrected chi connectivity index (χ3v) is 3.51. The van der Waals surface area contributed by atoms with E-state index in [-0.39, 0.29) is 6.04 Å². The Hall–Kier alpha value is -1.11. The van der Waals surface area contributed by atoms with Crippen LogP contribution in [0.2, 0.25) is 0 Å². The number of para-hydroxylation sites is 1. The maximum Gasteiger partial charge on any atom is 0.299 e. The van der Waals surface area contributed by atoms with Gasteiger partial charge < -0.3 is 5.73 Å². The zero-order chi connectivity index (χ0) is 11.6. The molecule has 0 unspecified atom stereocenters. The number of nitrogens with two attached hydrogens (primary N) is 1. The molecule has 1 aromatic rings. The maximum absolute atomic E-state index is 11.7. The summed E-state index contributed by atoms with van der Waals surface area (Å²) in [7, 11) is -3.46. The standard InChI is InChI=1S/C10H15N3O2S/c11-7-8-3-1-2-4-10(8)13-16(14,15)12-9-5-6-9/h1-4,9,12-13H,5-7,11H2. The highest BCUT2D eigenvalue weighted by molar-refractivity contribution is 7.90. The number of rotatable bonds is 5. The molecule has 16 heavy (non-hydrogen) atoms. The van der Waals surface area contributed by atoms with Gasteiger partial charge >= 0.3 is 0 Å². The second kappa shape index (κ2) is 4.40. The lowest BCUT2D eigenvalue weighted by Gasteiger charge is -2.11. The van der Waals surface area contributed by atoms with Gasteiger partial charge in [0.25, 0.3) is 10.2 Å². The highest BCUT2D eigenvalue weighted by atomic mass is 32.2. The predicted molar refractivity (Wildman–Crippen MR) is 63.0 cm³/mol. The molecule has 0 aliphatic heterocycles. The first-order chi connectivity index (χ1) is 7.61. The SMILES string of the molecule is NCc1ccccc1NS(=O)(=O)NC1CC1. The lowest BCUT2D eigenvalue weighted by molar-refractivity contribution is 0.586. The van der Waals surface area contributed by atoms with Gasteiger partial charge in [0.2, 0.25) is 0 Å². The van der Waals surface area contributed by atoms with Gasteiger partial charge in [0.05, 0.1) is 5.69 Å². The molecule has 0 atom stereocenters. The van der Waals surface area contributed by atoms with Gasteiger partial charge in [-0.1, -0.05) is 18.2 Å². The second-order valence-electron chi connectivity index (χ2n) is 3.86. The summed E-state index contributed by atoms with van der Waals surface area (Å²) in [6.07, 6.45) is 1.83. The summed E-state index contributed by atoms with van der Waals surface area (Å²) in [5.74, 6) is 0. The van der Waals surface area contributed by atoms with E-state index in [0.29, 0.717) is 12.2 Å². The van der Waals surface area contributed by atoms with E-state index < -0.39 is 10.2 Å². The Bertz CT molecular complexity index is 469. The van der Waals surface area contributed by atoms with Crippen molar-refractivity contribution in [1.29, 1.82) is 0 Å². The van der Waals surface area contributed by atoms with Crippen LogP contribution in [-0.4, -0.2) is 14.5 Å². The Balaban J connectivity index is 2.12. The average molecular weight is 241 g/mol. The summed E-state index contributed by atoms with van der Waals surface area (Å²) >= 11 is 0. The molecule has 0 heterocycles. The molecular weight excluding hydrogens is 226 g/mol. The first-order valence-corrected chi connectivity index (χ1v) is 6.67. The van der Waals surface area contributed by atoms with Crippen molar-refractivity contribution in [2.45, 2.75) is 25.4 Å². The van der Waals surface area contributed by atoms with Crippen molar-refractivity contribution < 1.29 is 8.42 Å². The Labute approximate surface area is 95.2 Å². The van der Waals surface area contributed by atoms with Crippen LogP contribution in [0.5, 0.6) is 0 Å². The molecule has 88 valence electrons. The lowest BCUT2D eigenvalue weighted by atomic mass is 10.2. The van der Waals surface area contributed by atoms with Crippen LogP contribution in [0.15, 0.2) is 24.3 Å². The molecule has 0 radical (unpaired) electrons. The van der Waals surface area contributed by atoms with E-state index >= 15 is 0 Å². The van der Waals surface area contributed by atoms with Crippen LogP contribution in [-0.2, 0) is 16.8 Å². The van der Waals surface area contributed by atoms with Gasteiger partial charge in [-0.15, -0.1) is 0 Å². The molecule has 0 saturated heterocycles. The first-order valence-electron chi connectivity index (χ1n) is 5.19.